The van der Waals surface area contributed by atoms with Crippen LogP contribution in [0.4, 0.5) is 13.2 Å². The first kappa shape index (κ1) is 14.4. The lowest BCUT2D eigenvalue weighted by molar-refractivity contribution is -0.137. The van der Waals surface area contributed by atoms with Crippen molar-refractivity contribution in [2.45, 2.75) is 6.18 Å². The minimum atomic E-state index is -4.37. The number of H-pyrrole nitrogens is 1. The predicted molar refractivity (Wildman–Crippen MR) is 78.8 cm³/mol. The molecule has 0 unspecified atom stereocenters. The van der Waals surface area contributed by atoms with Crippen LogP contribution in [0.2, 0.25) is 0 Å². The predicted octanol–water partition coefficient (Wildman–Crippen LogP) is 3.20. The van der Waals surface area contributed by atoms with Gasteiger partial charge >= 0.3 is 6.18 Å². The Morgan fingerprint density at radius 1 is 1.00 bits per heavy atom. The summed E-state index contributed by atoms with van der Waals surface area (Å²) in [5.41, 5.74) is 1.63. The van der Waals surface area contributed by atoms with Crippen LogP contribution in [0.3, 0.4) is 0 Å². The van der Waals surface area contributed by atoms with Gasteiger partial charge in [-0.2, -0.15) is 18.3 Å². The van der Waals surface area contributed by atoms with E-state index in [-0.39, 0.29) is 0 Å². The van der Waals surface area contributed by atoms with Gasteiger partial charge in [-0.3, -0.25) is 14.5 Å². The Balaban J connectivity index is 1.81. The molecule has 0 atom stereocenters. The van der Waals surface area contributed by atoms with Crippen molar-refractivity contribution in [1.29, 1.82) is 0 Å². The van der Waals surface area contributed by atoms with Crippen molar-refractivity contribution in [2.24, 2.45) is 0 Å². The second-order valence-corrected chi connectivity index (χ2v) is 5.06. The normalized spacial score (nSPS) is 12.0. The van der Waals surface area contributed by atoms with Crippen LogP contribution in [0.5, 0.6) is 0 Å². The number of benzene rings is 1. The number of alkyl halides is 3. The largest absolute Gasteiger partial charge is 0.416 e. The summed E-state index contributed by atoms with van der Waals surface area (Å²) >= 11 is 0. The molecule has 0 saturated heterocycles. The van der Waals surface area contributed by atoms with Crippen LogP contribution < -0.4 is 0 Å². The molecule has 0 aliphatic heterocycles. The van der Waals surface area contributed by atoms with E-state index in [0.717, 1.165) is 12.1 Å². The minimum absolute atomic E-state index is 0.524. The summed E-state index contributed by atoms with van der Waals surface area (Å²) < 4.78 is 39.8. The van der Waals surface area contributed by atoms with Gasteiger partial charge in [0.25, 0.3) is 0 Å². The van der Waals surface area contributed by atoms with E-state index in [1.54, 1.807) is 29.2 Å². The van der Waals surface area contributed by atoms with Crippen LogP contribution in [0.25, 0.3) is 28.3 Å². The molecule has 0 saturated carbocycles. The van der Waals surface area contributed by atoms with Crippen LogP contribution in [-0.4, -0.2) is 29.8 Å². The van der Waals surface area contributed by atoms with Gasteiger partial charge in [0.2, 0.25) is 0 Å². The van der Waals surface area contributed by atoms with Crippen LogP contribution in [-0.2, 0) is 6.18 Å². The quantitative estimate of drug-likeness (QED) is 0.613. The average molecular weight is 330 g/mol. The number of aromatic amines is 1. The van der Waals surface area contributed by atoms with E-state index in [4.69, 9.17) is 0 Å². The molecular formula is C15H9F3N6. The number of rotatable bonds is 2. The summed E-state index contributed by atoms with van der Waals surface area (Å²) in [5.74, 6) is 0.524. The molecule has 1 aromatic carbocycles. The fraction of sp³-hybridized carbons (Fsp3) is 0.0667. The Kier molecular flexibility index (Phi) is 3.08. The van der Waals surface area contributed by atoms with Gasteiger partial charge in [0, 0.05) is 18.0 Å². The second-order valence-electron chi connectivity index (χ2n) is 5.06. The SMILES string of the molecule is FC(F)(F)c1ccc(-c2[nH]ncc2-c2nnc3cnccn23)cc1. The summed E-state index contributed by atoms with van der Waals surface area (Å²) in [6.45, 7) is 0. The molecule has 120 valence electrons. The number of hydrogen-bond donors (Lipinski definition) is 1. The smallest absolute Gasteiger partial charge is 0.279 e. The Labute approximate surface area is 133 Å². The van der Waals surface area contributed by atoms with Crippen molar-refractivity contribution in [3.8, 4) is 22.6 Å². The van der Waals surface area contributed by atoms with E-state index < -0.39 is 11.7 Å². The van der Waals surface area contributed by atoms with Gasteiger partial charge in [-0.1, -0.05) is 12.1 Å². The number of nitrogens with one attached hydrogen (secondary N) is 1. The highest BCUT2D eigenvalue weighted by Crippen LogP contribution is 2.33. The first-order valence-corrected chi connectivity index (χ1v) is 6.90. The maximum atomic E-state index is 12.7. The molecule has 3 aromatic heterocycles. The summed E-state index contributed by atoms with van der Waals surface area (Å²) in [5, 5.41) is 14.9. The Morgan fingerprint density at radius 2 is 1.79 bits per heavy atom. The van der Waals surface area contributed by atoms with Crippen molar-refractivity contribution < 1.29 is 13.2 Å². The minimum Gasteiger partial charge on any atom is -0.279 e. The lowest BCUT2D eigenvalue weighted by atomic mass is 10.1. The molecular weight excluding hydrogens is 321 g/mol. The molecule has 6 nitrogen and oxygen atoms in total. The van der Waals surface area contributed by atoms with Crippen molar-refractivity contribution >= 4 is 5.65 Å². The van der Waals surface area contributed by atoms with Crippen LogP contribution in [0, 0.1) is 0 Å². The zero-order valence-corrected chi connectivity index (χ0v) is 12.0. The topological polar surface area (TPSA) is 71.8 Å². The number of halogens is 3. The van der Waals surface area contributed by atoms with Crippen molar-refractivity contribution in [3.05, 3.63) is 54.6 Å². The lowest BCUT2D eigenvalue weighted by Gasteiger charge is -2.07. The summed E-state index contributed by atoms with van der Waals surface area (Å²) in [6.07, 6.45) is 2.05. The van der Waals surface area contributed by atoms with E-state index in [1.165, 1.54) is 12.1 Å². The summed E-state index contributed by atoms with van der Waals surface area (Å²) in [7, 11) is 0. The molecule has 0 spiro atoms. The maximum absolute atomic E-state index is 12.7. The van der Waals surface area contributed by atoms with Gasteiger partial charge in [0.1, 0.15) is 0 Å². The lowest BCUT2D eigenvalue weighted by Crippen LogP contribution is -2.04. The van der Waals surface area contributed by atoms with E-state index >= 15 is 0 Å². The highest BCUT2D eigenvalue weighted by Gasteiger charge is 2.30. The Bertz CT molecular complexity index is 1000. The second kappa shape index (κ2) is 5.15. The molecule has 4 aromatic rings. The molecule has 0 radical (unpaired) electrons. The van der Waals surface area contributed by atoms with Crippen LogP contribution in [0.15, 0.2) is 49.1 Å². The van der Waals surface area contributed by atoms with Crippen molar-refractivity contribution in [3.63, 3.8) is 0 Å². The third-order valence-electron chi connectivity index (χ3n) is 3.60. The molecule has 9 heteroatoms. The van der Waals surface area contributed by atoms with E-state index in [9.17, 15) is 13.2 Å². The zero-order valence-electron chi connectivity index (χ0n) is 12.0. The van der Waals surface area contributed by atoms with Gasteiger partial charge in [0.15, 0.2) is 11.5 Å². The van der Waals surface area contributed by atoms with Gasteiger partial charge in [0.05, 0.1) is 29.2 Å². The van der Waals surface area contributed by atoms with Crippen molar-refractivity contribution in [2.75, 3.05) is 0 Å². The number of fused-ring (bicyclic) bond motifs is 1. The van der Waals surface area contributed by atoms with Crippen molar-refractivity contribution in [1.82, 2.24) is 29.8 Å². The van der Waals surface area contributed by atoms with Gasteiger partial charge < -0.3 is 0 Å². The summed E-state index contributed by atoms with van der Waals surface area (Å²) in [4.78, 5) is 3.97. The Morgan fingerprint density at radius 3 is 2.54 bits per heavy atom. The van der Waals surface area contributed by atoms with E-state index in [1.807, 2.05) is 0 Å². The maximum Gasteiger partial charge on any atom is 0.416 e. The van der Waals surface area contributed by atoms with Gasteiger partial charge in [-0.05, 0) is 12.1 Å². The first-order chi connectivity index (χ1) is 11.5. The third kappa shape index (κ3) is 2.30. The molecule has 0 aliphatic carbocycles. The highest BCUT2D eigenvalue weighted by atomic mass is 19.4. The molecule has 3 heterocycles. The molecule has 1 N–H and O–H groups in total. The number of hydrogen-bond acceptors (Lipinski definition) is 4. The van der Waals surface area contributed by atoms with E-state index in [2.05, 4.69) is 25.4 Å². The number of aromatic nitrogens is 6. The molecule has 0 aliphatic rings. The zero-order chi connectivity index (χ0) is 16.7. The molecule has 24 heavy (non-hydrogen) atoms. The van der Waals surface area contributed by atoms with Gasteiger partial charge in [-0.25, -0.2) is 0 Å². The summed E-state index contributed by atoms with van der Waals surface area (Å²) in [6, 6.07) is 4.85. The van der Waals surface area contributed by atoms with Crippen LogP contribution in [0.1, 0.15) is 5.56 Å². The first-order valence-electron chi connectivity index (χ1n) is 6.90. The fourth-order valence-electron chi connectivity index (χ4n) is 2.44. The van der Waals surface area contributed by atoms with Crippen LogP contribution >= 0.6 is 0 Å². The fourth-order valence-corrected chi connectivity index (χ4v) is 2.44. The molecule has 0 amide bonds. The molecule has 0 bridgehead atoms. The van der Waals surface area contributed by atoms with Gasteiger partial charge in [-0.15, -0.1) is 10.2 Å². The Hall–Kier alpha value is -3.23. The standard InChI is InChI=1S/C15H9F3N6/c16-15(17,18)10-3-1-9(2-4-10)13-11(7-20-22-13)14-23-21-12-8-19-5-6-24(12)14/h1-8H,(H,20,22). The molecule has 4 rings (SSSR count). The monoisotopic (exact) mass is 330 g/mol. The highest BCUT2D eigenvalue weighted by molar-refractivity contribution is 5.77. The van der Waals surface area contributed by atoms with E-state index in [0.29, 0.717) is 28.3 Å². The third-order valence-corrected chi connectivity index (χ3v) is 3.60. The average Bonchev–Trinajstić information content (AvgIpc) is 3.20. The number of nitrogens with zero attached hydrogens (tertiary/aromatic N) is 5. The molecule has 0 fully saturated rings.